The van der Waals surface area contributed by atoms with Gasteiger partial charge in [0.2, 0.25) is 0 Å². The molecule has 94 valence electrons. The molecule has 0 N–H and O–H groups in total. The molecule has 2 aromatic carbocycles. The molecule has 0 aliphatic carbocycles. The Kier molecular flexibility index (Phi) is 2.76. The van der Waals surface area contributed by atoms with Crippen molar-refractivity contribution in [2.45, 2.75) is 6.54 Å². The zero-order valence-electron chi connectivity index (χ0n) is 10.1. The molecule has 0 saturated heterocycles. The molecule has 1 aromatic heterocycles. The molecule has 0 radical (unpaired) electrons. The van der Waals surface area contributed by atoms with E-state index in [1.807, 2.05) is 30.3 Å². The van der Waals surface area contributed by atoms with Gasteiger partial charge in [-0.1, -0.05) is 42.5 Å². The first-order valence-electron chi connectivity index (χ1n) is 5.92. The normalized spacial score (nSPS) is 10.7. The minimum atomic E-state index is -0.632. The van der Waals surface area contributed by atoms with Crippen LogP contribution in [0.3, 0.4) is 0 Å². The van der Waals surface area contributed by atoms with Crippen molar-refractivity contribution in [3.8, 4) is 0 Å². The highest BCUT2D eigenvalue weighted by Gasteiger charge is 2.09. The van der Waals surface area contributed by atoms with Crippen LogP contribution in [0, 0.1) is 0 Å². The molecule has 0 spiro atoms. The number of hydrogen-bond acceptors (Lipinski definition) is 3. The minimum Gasteiger partial charge on any atom is -0.409 e. The predicted octanol–water partition coefficient (Wildman–Crippen LogP) is 2.00. The molecule has 4 heteroatoms. The lowest BCUT2D eigenvalue weighted by atomic mass is 10.2. The summed E-state index contributed by atoms with van der Waals surface area (Å²) in [5.74, 6) is -0.632. The third-order valence-corrected chi connectivity index (χ3v) is 2.96. The Morgan fingerprint density at radius 2 is 1.58 bits per heavy atom. The summed E-state index contributed by atoms with van der Waals surface area (Å²) < 4.78 is 6.26. The van der Waals surface area contributed by atoms with Gasteiger partial charge in [-0.15, -0.1) is 0 Å². The lowest BCUT2D eigenvalue weighted by Gasteiger charge is -2.05. The van der Waals surface area contributed by atoms with Gasteiger partial charge in [0.25, 0.3) is 5.56 Å². The smallest absolute Gasteiger partial charge is 0.409 e. The summed E-state index contributed by atoms with van der Waals surface area (Å²) in [5.41, 5.74) is 0.879. The monoisotopic (exact) mass is 253 g/mol. The first-order valence-corrected chi connectivity index (χ1v) is 5.92. The number of hydrogen-bond donors (Lipinski definition) is 0. The van der Waals surface area contributed by atoms with Gasteiger partial charge in [-0.2, -0.15) is 0 Å². The Morgan fingerprint density at radius 1 is 0.895 bits per heavy atom. The van der Waals surface area contributed by atoms with Crippen molar-refractivity contribution in [1.29, 1.82) is 0 Å². The second-order valence-electron chi connectivity index (χ2n) is 4.24. The number of nitrogens with zero attached hydrogens (tertiary/aromatic N) is 1. The van der Waals surface area contributed by atoms with Gasteiger partial charge in [-0.25, -0.2) is 9.36 Å². The average molecular weight is 253 g/mol. The lowest BCUT2D eigenvalue weighted by Crippen LogP contribution is -2.32. The van der Waals surface area contributed by atoms with E-state index in [1.165, 1.54) is 0 Å². The van der Waals surface area contributed by atoms with Gasteiger partial charge < -0.3 is 4.42 Å². The van der Waals surface area contributed by atoms with E-state index in [9.17, 15) is 9.59 Å². The second-order valence-corrected chi connectivity index (χ2v) is 4.24. The molecule has 0 saturated carbocycles. The molecule has 3 rings (SSSR count). The van der Waals surface area contributed by atoms with Crippen LogP contribution in [0.25, 0.3) is 11.0 Å². The van der Waals surface area contributed by atoms with Gasteiger partial charge >= 0.3 is 5.76 Å². The standard InChI is InChI=1S/C15H11NO3/c17-14-12-8-4-5-9-13(12)19-15(18)16(14)10-11-6-2-1-3-7-11/h1-9H,10H2. The third kappa shape index (κ3) is 2.08. The maximum atomic E-state index is 12.3. The summed E-state index contributed by atoms with van der Waals surface area (Å²) >= 11 is 0. The van der Waals surface area contributed by atoms with Crippen LogP contribution in [0.15, 0.2) is 68.6 Å². The molecular formula is C15H11NO3. The Bertz CT molecular complexity index is 831. The molecular weight excluding hydrogens is 242 g/mol. The van der Waals surface area contributed by atoms with Crippen LogP contribution in [-0.2, 0) is 6.54 Å². The fourth-order valence-corrected chi connectivity index (χ4v) is 2.01. The zero-order valence-corrected chi connectivity index (χ0v) is 10.1. The van der Waals surface area contributed by atoms with Gasteiger partial charge in [0.15, 0.2) is 0 Å². The quantitative estimate of drug-likeness (QED) is 0.702. The molecule has 1 heterocycles. The van der Waals surface area contributed by atoms with Gasteiger partial charge in [0.1, 0.15) is 5.58 Å². The van der Waals surface area contributed by atoms with Gasteiger partial charge in [0, 0.05) is 0 Å². The van der Waals surface area contributed by atoms with E-state index < -0.39 is 5.76 Å². The SMILES string of the molecule is O=c1oc2ccccc2c(=O)n1Cc1ccccc1. The average Bonchev–Trinajstić information content (AvgIpc) is 2.45. The Hall–Kier alpha value is -2.62. The van der Waals surface area contributed by atoms with Crippen LogP contribution >= 0.6 is 0 Å². The summed E-state index contributed by atoms with van der Waals surface area (Å²) in [6, 6.07) is 16.1. The molecule has 0 atom stereocenters. The molecule has 0 bridgehead atoms. The van der Waals surface area contributed by atoms with Crippen molar-refractivity contribution >= 4 is 11.0 Å². The van der Waals surface area contributed by atoms with Crippen molar-refractivity contribution in [1.82, 2.24) is 4.57 Å². The van der Waals surface area contributed by atoms with Gasteiger partial charge in [0.05, 0.1) is 11.9 Å². The first kappa shape index (κ1) is 11.5. The molecule has 0 fully saturated rings. The van der Waals surface area contributed by atoms with E-state index in [-0.39, 0.29) is 12.1 Å². The topological polar surface area (TPSA) is 52.2 Å². The molecule has 0 aliphatic heterocycles. The maximum absolute atomic E-state index is 12.3. The molecule has 19 heavy (non-hydrogen) atoms. The minimum absolute atomic E-state index is 0.215. The van der Waals surface area contributed by atoms with E-state index in [2.05, 4.69) is 0 Å². The summed E-state index contributed by atoms with van der Waals surface area (Å²) in [6.07, 6.45) is 0. The van der Waals surface area contributed by atoms with E-state index >= 15 is 0 Å². The van der Waals surface area contributed by atoms with Gasteiger partial charge in [-0.05, 0) is 17.7 Å². The Balaban J connectivity index is 2.19. The van der Waals surface area contributed by atoms with Crippen LogP contribution in [0.2, 0.25) is 0 Å². The van der Waals surface area contributed by atoms with E-state index in [0.29, 0.717) is 11.0 Å². The lowest BCUT2D eigenvalue weighted by molar-refractivity contribution is 0.471. The van der Waals surface area contributed by atoms with Crippen LogP contribution in [0.4, 0.5) is 0 Å². The van der Waals surface area contributed by atoms with Gasteiger partial charge in [-0.3, -0.25) is 4.79 Å². The summed E-state index contributed by atoms with van der Waals surface area (Å²) in [5, 5.41) is 0.415. The fourth-order valence-electron chi connectivity index (χ4n) is 2.01. The number of para-hydroxylation sites is 1. The number of rotatable bonds is 2. The van der Waals surface area contributed by atoms with Crippen LogP contribution < -0.4 is 11.3 Å². The maximum Gasteiger partial charge on any atom is 0.422 e. The first-order chi connectivity index (χ1) is 9.25. The van der Waals surface area contributed by atoms with Crippen molar-refractivity contribution in [3.05, 3.63) is 81.1 Å². The van der Waals surface area contributed by atoms with Crippen molar-refractivity contribution in [3.63, 3.8) is 0 Å². The highest BCUT2D eigenvalue weighted by Crippen LogP contribution is 2.06. The Labute approximate surface area is 108 Å². The van der Waals surface area contributed by atoms with E-state index in [1.54, 1.807) is 24.3 Å². The zero-order chi connectivity index (χ0) is 13.2. The second kappa shape index (κ2) is 4.57. The van der Waals surface area contributed by atoms with Crippen LogP contribution in [-0.4, -0.2) is 4.57 Å². The largest absolute Gasteiger partial charge is 0.422 e. The highest BCUT2D eigenvalue weighted by atomic mass is 16.4. The molecule has 0 aliphatic rings. The van der Waals surface area contributed by atoms with Crippen LogP contribution in [0.1, 0.15) is 5.56 Å². The van der Waals surface area contributed by atoms with Crippen molar-refractivity contribution < 1.29 is 4.42 Å². The van der Waals surface area contributed by atoms with Crippen molar-refractivity contribution in [2.24, 2.45) is 0 Å². The molecule has 3 aromatic rings. The van der Waals surface area contributed by atoms with Crippen molar-refractivity contribution in [2.75, 3.05) is 0 Å². The summed E-state index contributed by atoms with van der Waals surface area (Å²) in [4.78, 5) is 24.1. The Morgan fingerprint density at radius 3 is 2.37 bits per heavy atom. The number of benzene rings is 2. The van der Waals surface area contributed by atoms with E-state index in [4.69, 9.17) is 4.42 Å². The van der Waals surface area contributed by atoms with Crippen LogP contribution in [0.5, 0.6) is 0 Å². The number of aromatic nitrogens is 1. The molecule has 4 nitrogen and oxygen atoms in total. The fraction of sp³-hybridized carbons (Fsp3) is 0.0667. The molecule has 0 amide bonds. The third-order valence-electron chi connectivity index (χ3n) is 2.96. The highest BCUT2D eigenvalue weighted by molar-refractivity contribution is 5.74. The molecule has 0 unspecified atom stereocenters. The van der Waals surface area contributed by atoms with E-state index in [0.717, 1.165) is 10.1 Å². The summed E-state index contributed by atoms with van der Waals surface area (Å²) in [6.45, 7) is 0.215. The summed E-state index contributed by atoms with van der Waals surface area (Å²) in [7, 11) is 0. The predicted molar refractivity (Wildman–Crippen MR) is 72.3 cm³/mol. The number of fused-ring (bicyclic) bond motifs is 1.